The van der Waals surface area contributed by atoms with E-state index in [-0.39, 0.29) is 18.7 Å². The number of carboxylic acids is 3. The summed E-state index contributed by atoms with van der Waals surface area (Å²) in [6, 6.07) is 1.83. The molecule has 0 bridgehead atoms. The number of amides is 2. The molecule has 0 aromatic heterocycles. The van der Waals surface area contributed by atoms with Gasteiger partial charge >= 0.3 is 17.9 Å². The van der Waals surface area contributed by atoms with Crippen LogP contribution in [0.4, 0.5) is 0 Å². The Morgan fingerprint density at radius 3 is 2.13 bits per heavy atom. The third-order valence-electron chi connectivity index (χ3n) is 5.83. The van der Waals surface area contributed by atoms with Crippen LogP contribution in [0, 0.1) is 0 Å². The molecule has 11 N–H and O–H groups in total. The number of carbonyl (C=O) groups excluding carboxylic acids is 2. The number of benzene rings is 1. The second kappa shape index (κ2) is 16.2. The first-order chi connectivity index (χ1) is 17.9. The molecule has 4 atom stereocenters. The summed E-state index contributed by atoms with van der Waals surface area (Å²) in [5.41, 5.74) is 16.6. The number of carboxylic acid groups (broad SMARTS) is 3. The molecule has 2 amide bonds. The van der Waals surface area contributed by atoms with Gasteiger partial charge in [0.15, 0.2) is 0 Å². The van der Waals surface area contributed by atoms with Crippen molar-refractivity contribution in [2.45, 2.75) is 69.1 Å². The van der Waals surface area contributed by atoms with Gasteiger partial charge in [0.1, 0.15) is 23.9 Å². The molecule has 2 rings (SSSR count). The summed E-state index contributed by atoms with van der Waals surface area (Å²) >= 11 is 0. The van der Waals surface area contributed by atoms with Crippen molar-refractivity contribution >= 4 is 29.7 Å². The topological polar surface area (TPSA) is 260 Å². The number of phenols is 1. The van der Waals surface area contributed by atoms with Crippen LogP contribution in [0.2, 0.25) is 0 Å². The lowest BCUT2D eigenvalue weighted by Gasteiger charge is -2.27. The average molecular weight is 540 g/mol. The highest BCUT2D eigenvalue weighted by Crippen LogP contribution is 2.19. The fourth-order valence-corrected chi connectivity index (χ4v) is 3.76. The summed E-state index contributed by atoms with van der Waals surface area (Å²) in [6.45, 7) is 0.853. The van der Waals surface area contributed by atoms with E-state index in [1.54, 1.807) is 12.1 Å². The van der Waals surface area contributed by atoms with Crippen LogP contribution in [-0.4, -0.2) is 92.3 Å². The van der Waals surface area contributed by atoms with Gasteiger partial charge in [-0.05, 0) is 49.9 Å². The molecule has 1 heterocycles. The van der Waals surface area contributed by atoms with Crippen molar-refractivity contribution in [2.24, 2.45) is 17.2 Å². The van der Waals surface area contributed by atoms with Crippen LogP contribution in [-0.2, 0) is 30.4 Å². The van der Waals surface area contributed by atoms with Gasteiger partial charge in [-0.2, -0.15) is 0 Å². The van der Waals surface area contributed by atoms with Crippen LogP contribution >= 0.6 is 0 Å². The predicted molar refractivity (Wildman–Crippen MR) is 135 cm³/mol. The van der Waals surface area contributed by atoms with Crippen LogP contribution in [0.15, 0.2) is 24.3 Å². The van der Waals surface area contributed by atoms with Crippen LogP contribution in [0.1, 0.15) is 44.1 Å². The minimum atomic E-state index is -1.27. The number of phenolic OH excluding ortho intramolecular Hbond substituents is 1. The van der Waals surface area contributed by atoms with Crippen LogP contribution in [0.5, 0.6) is 5.75 Å². The molecule has 38 heavy (non-hydrogen) atoms. The molecule has 14 heteroatoms. The van der Waals surface area contributed by atoms with Crippen molar-refractivity contribution in [1.29, 1.82) is 0 Å². The minimum Gasteiger partial charge on any atom is -0.508 e. The Morgan fingerprint density at radius 2 is 1.61 bits per heavy atom. The second-order valence-electron chi connectivity index (χ2n) is 8.89. The van der Waals surface area contributed by atoms with Crippen molar-refractivity contribution in [3.8, 4) is 5.75 Å². The number of nitrogens with one attached hydrogen (secondary N) is 1. The molecule has 1 saturated heterocycles. The van der Waals surface area contributed by atoms with Gasteiger partial charge in [-0.1, -0.05) is 18.6 Å². The Morgan fingerprint density at radius 1 is 0.974 bits per heavy atom. The monoisotopic (exact) mass is 539 g/mol. The third kappa shape index (κ3) is 11.1. The third-order valence-corrected chi connectivity index (χ3v) is 5.83. The highest BCUT2D eigenvalue weighted by Gasteiger charge is 2.38. The van der Waals surface area contributed by atoms with Gasteiger partial charge in [0.2, 0.25) is 11.8 Å². The number of nitrogens with zero attached hydrogens (tertiary/aromatic N) is 1. The largest absolute Gasteiger partial charge is 0.508 e. The van der Waals surface area contributed by atoms with Gasteiger partial charge in [-0.25, -0.2) is 4.79 Å². The highest BCUT2D eigenvalue weighted by molar-refractivity contribution is 5.93. The Hall–Kier alpha value is -3.75. The first-order valence-corrected chi connectivity index (χ1v) is 12.1. The zero-order valence-corrected chi connectivity index (χ0v) is 21.0. The number of unbranched alkanes of at least 4 members (excludes halogenated alkanes) is 1. The van der Waals surface area contributed by atoms with E-state index in [1.807, 2.05) is 0 Å². The van der Waals surface area contributed by atoms with Crippen molar-refractivity contribution in [2.75, 3.05) is 13.1 Å². The number of aromatic hydroxyl groups is 1. The van der Waals surface area contributed by atoms with E-state index in [1.165, 1.54) is 17.0 Å². The van der Waals surface area contributed by atoms with Gasteiger partial charge in [0, 0.05) is 13.0 Å². The number of hydrogen-bond donors (Lipinski definition) is 8. The number of nitrogens with two attached hydrogens (primary N) is 3. The van der Waals surface area contributed by atoms with Crippen molar-refractivity contribution in [3.63, 3.8) is 0 Å². The molecule has 1 aliphatic rings. The molecule has 14 nitrogen and oxygen atoms in total. The number of hydrogen-bond acceptors (Lipinski definition) is 9. The molecule has 1 aromatic rings. The summed E-state index contributed by atoms with van der Waals surface area (Å²) in [4.78, 5) is 58.6. The van der Waals surface area contributed by atoms with Crippen LogP contribution < -0.4 is 22.5 Å². The van der Waals surface area contributed by atoms with Gasteiger partial charge in [-0.15, -0.1) is 0 Å². The van der Waals surface area contributed by atoms with Crippen LogP contribution in [0.3, 0.4) is 0 Å². The Labute approximate surface area is 219 Å². The molecule has 1 aliphatic heterocycles. The zero-order valence-electron chi connectivity index (χ0n) is 21.0. The van der Waals surface area contributed by atoms with Gasteiger partial charge in [0.25, 0.3) is 0 Å². The van der Waals surface area contributed by atoms with Crippen molar-refractivity contribution < 1.29 is 44.4 Å². The minimum absolute atomic E-state index is 0.000544. The normalized spacial score (nSPS) is 16.9. The molecule has 3 unspecified atom stereocenters. The molecule has 1 aromatic carbocycles. The lowest BCUT2D eigenvalue weighted by atomic mass is 10.0. The van der Waals surface area contributed by atoms with Gasteiger partial charge in [0.05, 0.1) is 12.5 Å². The molecule has 0 aliphatic carbocycles. The average Bonchev–Trinajstić information content (AvgIpc) is 3.34. The number of likely N-dealkylation sites (tertiary alicyclic amines) is 1. The number of aliphatic carboxylic acids is 3. The molecule has 0 saturated carbocycles. The molecular formula is C24H37N5O9. The molecule has 1 fully saturated rings. The lowest BCUT2D eigenvalue weighted by molar-refractivity contribution is -0.145. The van der Waals surface area contributed by atoms with E-state index >= 15 is 0 Å². The number of rotatable bonds is 13. The predicted octanol–water partition coefficient (Wildman–Crippen LogP) is -1.18. The molecule has 212 valence electrons. The maximum Gasteiger partial charge on any atom is 0.326 e. The van der Waals surface area contributed by atoms with E-state index in [2.05, 4.69) is 5.32 Å². The van der Waals surface area contributed by atoms with E-state index in [0.717, 1.165) is 12.8 Å². The Kier molecular flexibility index (Phi) is 13.7. The lowest BCUT2D eigenvalue weighted by Crippen LogP contribution is -2.54. The smallest absolute Gasteiger partial charge is 0.326 e. The SMILES string of the molecule is NC(CC(=O)O)C(=O)N1CCC[C@H]1C(=O)NC(Cc1ccc(O)cc1)C(=O)O.NCCCCC(N)C(=O)O. The molecule has 0 spiro atoms. The quantitative estimate of drug-likeness (QED) is 0.138. The second-order valence-corrected chi connectivity index (χ2v) is 8.89. The van der Waals surface area contributed by atoms with E-state index in [4.69, 9.17) is 27.4 Å². The van der Waals surface area contributed by atoms with Crippen molar-refractivity contribution in [3.05, 3.63) is 29.8 Å². The first kappa shape index (κ1) is 32.3. The number of carbonyl (C=O) groups is 5. The highest BCUT2D eigenvalue weighted by atomic mass is 16.4. The first-order valence-electron chi connectivity index (χ1n) is 12.1. The maximum absolute atomic E-state index is 12.6. The Balaban J connectivity index is 0.000000612. The van der Waals surface area contributed by atoms with Crippen molar-refractivity contribution in [1.82, 2.24) is 10.2 Å². The summed E-state index contributed by atoms with van der Waals surface area (Å²) in [6.07, 6.45) is 2.47. The summed E-state index contributed by atoms with van der Waals surface area (Å²) in [5, 5.41) is 38.2. The standard InChI is InChI=1S/C18H23N3O7.C6H14N2O2/c19-12(9-15(23)24)17(26)21-7-1-2-14(21)16(25)20-13(18(27)28)8-10-3-5-11(22)6-4-10;7-4-2-1-3-5(8)6(9)10/h3-6,12-14,22H,1-2,7-9,19H2,(H,20,25)(H,23,24)(H,27,28);5H,1-4,7-8H2,(H,9,10)/t12?,13?,14-;/m0./s1. The summed E-state index contributed by atoms with van der Waals surface area (Å²) < 4.78 is 0. The van der Waals surface area contributed by atoms with Gasteiger partial charge in [-0.3, -0.25) is 19.2 Å². The molecule has 0 radical (unpaired) electrons. The fraction of sp³-hybridized carbons (Fsp3) is 0.542. The Bertz CT molecular complexity index is 957. The van der Waals surface area contributed by atoms with E-state index < -0.39 is 60.3 Å². The summed E-state index contributed by atoms with van der Waals surface area (Å²) in [7, 11) is 0. The summed E-state index contributed by atoms with van der Waals surface area (Å²) in [5.74, 6) is -4.62. The van der Waals surface area contributed by atoms with Crippen LogP contribution in [0.25, 0.3) is 0 Å². The van der Waals surface area contributed by atoms with E-state index in [9.17, 15) is 34.2 Å². The van der Waals surface area contributed by atoms with E-state index in [0.29, 0.717) is 31.4 Å². The maximum atomic E-state index is 12.6. The molecular weight excluding hydrogens is 502 g/mol. The fourth-order valence-electron chi connectivity index (χ4n) is 3.76. The zero-order chi connectivity index (χ0) is 28.8. The van der Waals surface area contributed by atoms with Gasteiger partial charge < -0.3 is 47.8 Å².